The van der Waals surface area contributed by atoms with Gasteiger partial charge in [-0.25, -0.2) is 4.79 Å². The molecule has 0 aromatic rings. The predicted octanol–water partition coefficient (Wildman–Crippen LogP) is 2.35. The number of rotatable bonds is 15. The fraction of sp³-hybridized carbons (Fsp3) is 0.875. The quantitative estimate of drug-likeness (QED) is 0.251. The van der Waals surface area contributed by atoms with Gasteiger partial charge in [-0.15, -0.1) is 0 Å². The Bertz CT molecular complexity index is 356. The van der Waals surface area contributed by atoms with Gasteiger partial charge in [-0.1, -0.05) is 6.42 Å². The van der Waals surface area contributed by atoms with Gasteiger partial charge < -0.3 is 22.8 Å². The van der Waals surface area contributed by atoms with Crippen molar-refractivity contribution >= 4 is 20.6 Å². The van der Waals surface area contributed by atoms with E-state index in [-0.39, 0.29) is 12.4 Å². The molecule has 0 N–H and O–H groups in total. The summed E-state index contributed by atoms with van der Waals surface area (Å²) in [5.74, 6) is -0.700. The van der Waals surface area contributed by atoms with E-state index in [9.17, 15) is 9.59 Å². The molecule has 0 saturated carbocycles. The van der Waals surface area contributed by atoms with Crippen LogP contribution in [-0.4, -0.2) is 60.2 Å². The fourth-order valence-corrected chi connectivity index (χ4v) is 4.41. The summed E-state index contributed by atoms with van der Waals surface area (Å²) < 4.78 is 27.1. The Morgan fingerprint density at radius 3 is 2.17 bits per heavy atom. The molecule has 24 heavy (non-hydrogen) atoms. The molecule has 7 nitrogen and oxygen atoms in total. The smallest absolute Gasteiger partial charge is 0.453 e. The Balaban J connectivity index is 3.82. The molecule has 1 atom stereocenters. The number of carbonyl (C=O) groups excluding carboxylic acids is 2. The van der Waals surface area contributed by atoms with E-state index in [4.69, 9.17) is 22.8 Å². The molecule has 0 spiro atoms. The van der Waals surface area contributed by atoms with E-state index in [0.29, 0.717) is 19.8 Å². The maximum absolute atomic E-state index is 11.4. The number of unbranched alkanes of at least 4 members (excludes halogenated alkanes) is 2. The Kier molecular flexibility index (Phi) is 13.0. The zero-order chi connectivity index (χ0) is 18.4. The molecule has 0 bridgehead atoms. The van der Waals surface area contributed by atoms with E-state index < -0.39 is 20.9 Å². The SMILES string of the molecule is CCO[Si](CCCCCOCC(=O)OC(C)C(C)=O)(OC)OCC. The zero-order valence-corrected chi connectivity index (χ0v) is 16.6. The Hall–Kier alpha value is -0.803. The highest BCUT2D eigenvalue weighted by molar-refractivity contribution is 6.60. The van der Waals surface area contributed by atoms with Crippen molar-refractivity contribution in [3.05, 3.63) is 0 Å². The molecule has 0 radical (unpaired) electrons. The third-order valence-electron chi connectivity index (χ3n) is 3.41. The van der Waals surface area contributed by atoms with Gasteiger partial charge in [0.15, 0.2) is 11.9 Å². The topological polar surface area (TPSA) is 80.3 Å². The molecule has 0 saturated heterocycles. The molecule has 0 fully saturated rings. The number of esters is 1. The Morgan fingerprint density at radius 1 is 1.04 bits per heavy atom. The number of carbonyl (C=O) groups is 2. The molecule has 0 rings (SSSR count). The van der Waals surface area contributed by atoms with Crippen LogP contribution < -0.4 is 0 Å². The van der Waals surface area contributed by atoms with Crippen LogP contribution in [0.4, 0.5) is 0 Å². The minimum absolute atomic E-state index is 0.133. The van der Waals surface area contributed by atoms with Crippen molar-refractivity contribution in [3.8, 4) is 0 Å². The average molecular weight is 365 g/mol. The molecule has 1 unspecified atom stereocenters. The van der Waals surface area contributed by atoms with Crippen LogP contribution in [0.2, 0.25) is 6.04 Å². The van der Waals surface area contributed by atoms with Gasteiger partial charge in [0.25, 0.3) is 0 Å². The molecule has 0 aliphatic carbocycles. The maximum atomic E-state index is 11.4. The van der Waals surface area contributed by atoms with Crippen LogP contribution in [0.25, 0.3) is 0 Å². The highest BCUT2D eigenvalue weighted by atomic mass is 28.4. The summed E-state index contributed by atoms with van der Waals surface area (Å²) in [5, 5.41) is 0. The normalized spacial score (nSPS) is 12.9. The van der Waals surface area contributed by atoms with E-state index in [0.717, 1.165) is 25.3 Å². The molecule has 0 aromatic carbocycles. The molecule has 0 aliphatic heterocycles. The van der Waals surface area contributed by atoms with E-state index in [1.165, 1.54) is 6.92 Å². The first kappa shape index (κ1) is 23.2. The lowest BCUT2D eigenvalue weighted by atomic mass is 10.3. The standard InChI is InChI=1S/C16H32O7Si/c1-6-21-24(19-5,22-7-2)12-10-8-9-11-20-13-16(18)23-15(4)14(3)17/h15H,6-13H2,1-5H3. The van der Waals surface area contributed by atoms with E-state index >= 15 is 0 Å². The van der Waals surface area contributed by atoms with Crippen LogP contribution >= 0.6 is 0 Å². The minimum atomic E-state index is -2.53. The van der Waals surface area contributed by atoms with Gasteiger partial charge in [0.1, 0.15) is 6.61 Å². The van der Waals surface area contributed by atoms with Crippen molar-refractivity contribution in [1.29, 1.82) is 0 Å². The molecular formula is C16H32O7Si. The number of hydrogen-bond acceptors (Lipinski definition) is 7. The zero-order valence-electron chi connectivity index (χ0n) is 15.6. The minimum Gasteiger partial charge on any atom is -0.453 e. The largest absolute Gasteiger partial charge is 0.500 e. The van der Waals surface area contributed by atoms with Crippen molar-refractivity contribution in [1.82, 2.24) is 0 Å². The molecule has 0 heterocycles. The second-order valence-electron chi connectivity index (χ2n) is 5.36. The molecule has 0 aliphatic rings. The van der Waals surface area contributed by atoms with Crippen LogP contribution in [0, 0.1) is 0 Å². The van der Waals surface area contributed by atoms with Gasteiger partial charge in [-0.05, 0) is 40.5 Å². The second-order valence-corrected chi connectivity index (χ2v) is 8.21. The highest BCUT2D eigenvalue weighted by Gasteiger charge is 2.38. The van der Waals surface area contributed by atoms with Crippen LogP contribution in [0.15, 0.2) is 0 Å². The average Bonchev–Trinajstić information content (AvgIpc) is 2.54. The number of ether oxygens (including phenoxy) is 2. The lowest BCUT2D eigenvalue weighted by Crippen LogP contribution is -2.44. The first-order chi connectivity index (χ1) is 11.4. The number of Topliss-reactive ketones (excluding diaryl/α,β-unsaturated/α-hetero) is 1. The molecule has 0 aromatic heterocycles. The van der Waals surface area contributed by atoms with E-state index in [1.54, 1.807) is 14.0 Å². The second kappa shape index (κ2) is 13.5. The number of hydrogen-bond donors (Lipinski definition) is 0. The van der Waals surface area contributed by atoms with E-state index in [1.807, 2.05) is 13.8 Å². The van der Waals surface area contributed by atoms with Crippen LogP contribution in [0.3, 0.4) is 0 Å². The van der Waals surface area contributed by atoms with Crippen molar-refractivity contribution in [2.24, 2.45) is 0 Å². The lowest BCUT2D eigenvalue weighted by molar-refractivity contribution is -0.157. The third kappa shape index (κ3) is 10.1. The molecule has 142 valence electrons. The molecule has 8 heteroatoms. The van der Waals surface area contributed by atoms with Gasteiger partial charge >= 0.3 is 14.8 Å². The summed E-state index contributed by atoms with van der Waals surface area (Å²) in [6, 6.07) is 0.767. The molecular weight excluding hydrogens is 332 g/mol. The Labute approximate surface area is 146 Å². The first-order valence-electron chi connectivity index (χ1n) is 8.51. The van der Waals surface area contributed by atoms with E-state index in [2.05, 4.69) is 0 Å². The van der Waals surface area contributed by atoms with Gasteiger partial charge in [0.2, 0.25) is 0 Å². The van der Waals surface area contributed by atoms with Crippen molar-refractivity contribution in [2.75, 3.05) is 33.5 Å². The van der Waals surface area contributed by atoms with Gasteiger partial charge in [-0.2, -0.15) is 0 Å². The van der Waals surface area contributed by atoms with Crippen molar-refractivity contribution in [3.63, 3.8) is 0 Å². The van der Waals surface area contributed by atoms with Crippen LogP contribution in [0.5, 0.6) is 0 Å². The third-order valence-corrected chi connectivity index (χ3v) is 6.46. The summed E-state index contributed by atoms with van der Waals surface area (Å²) in [5.41, 5.74) is 0. The van der Waals surface area contributed by atoms with Crippen molar-refractivity contribution < 1.29 is 32.3 Å². The molecule has 0 amide bonds. The summed E-state index contributed by atoms with van der Waals surface area (Å²) in [7, 11) is -0.899. The predicted molar refractivity (Wildman–Crippen MR) is 91.7 cm³/mol. The van der Waals surface area contributed by atoms with Crippen molar-refractivity contribution in [2.45, 2.75) is 59.1 Å². The number of ketones is 1. The first-order valence-corrected chi connectivity index (χ1v) is 10.4. The van der Waals surface area contributed by atoms with Gasteiger partial charge in [0, 0.05) is 33.0 Å². The monoisotopic (exact) mass is 364 g/mol. The van der Waals surface area contributed by atoms with Gasteiger partial charge in [-0.3, -0.25) is 4.79 Å². The Morgan fingerprint density at radius 2 is 1.67 bits per heavy atom. The summed E-state index contributed by atoms with van der Waals surface area (Å²) in [6.45, 7) is 8.27. The summed E-state index contributed by atoms with van der Waals surface area (Å²) in [6.07, 6.45) is 1.94. The maximum Gasteiger partial charge on any atom is 0.500 e. The lowest BCUT2D eigenvalue weighted by Gasteiger charge is -2.27. The van der Waals surface area contributed by atoms with Crippen LogP contribution in [-0.2, 0) is 32.3 Å². The van der Waals surface area contributed by atoms with Crippen LogP contribution in [0.1, 0.15) is 47.0 Å². The van der Waals surface area contributed by atoms with Gasteiger partial charge in [0.05, 0.1) is 0 Å². The highest BCUT2D eigenvalue weighted by Crippen LogP contribution is 2.18. The summed E-state index contributed by atoms with van der Waals surface area (Å²) in [4.78, 5) is 22.4. The summed E-state index contributed by atoms with van der Waals surface area (Å²) >= 11 is 0. The fourth-order valence-electron chi connectivity index (χ4n) is 2.04.